The van der Waals surface area contributed by atoms with Crippen LogP contribution >= 0.6 is 11.3 Å². The number of para-hydroxylation sites is 1. The van der Waals surface area contributed by atoms with Gasteiger partial charge in [-0.05, 0) is 24.1 Å². The highest BCUT2D eigenvalue weighted by Gasteiger charge is 2.33. The highest BCUT2D eigenvalue weighted by molar-refractivity contribution is 7.07. The van der Waals surface area contributed by atoms with Crippen molar-refractivity contribution in [3.63, 3.8) is 0 Å². The molecule has 3 heterocycles. The molecule has 1 aliphatic rings. The number of methoxy groups -OCH3 is 1. The minimum absolute atomic E-state index is 0.181. The SMILES string of the molecule is C=CCn1cc(/C=c2/sc3n(c2=O)[C@H](c2ccccc2)C(C(=O)OC)=C(CC)N=3)c2ccccc21. The molecule has 1 aliphatic heterocycles. The standard InChI is InChI=1S/C28H25N3O3S/c1-4-15-30-17-19(20-13-9-10-14-22(20)30)16-23-26(32)31-25(18-11-7-6-8-12-18)24(27(33)34-3)21(5-2)29-28(31)35-23/h4,6-14,16-17,25H,1,5,15H2,2-3H3/b23-16+/t25-/m1/s1. The smallest absolute Gasteiger partial charge is 0.338 e. The Labute approximate surface area is 206 Å². The first-order valence-corrected chi connectivity index (χ1v) is 12.3. The molecule has 0 radical (unpaired) electrons. The summed E-state index contributed by atoms with van der Waals surface area (Å²) in [5.41, 5.74) is 3.73. The predicted molar refractivity (Wildman–Crippen MR) is 139 cm³/mol. The molecule has 0 spiro atoms. The van der Waals surface area contributed by atoms with E-state index in [1.165, 1.54) is 18.4 Å². The quantitative estimate of drug-likeness (QED) is 0.308. The Balaban J connectivity index is 1.77. The number of allylic oxidation sites excluding steroid dienone is 2. The fraction of sp³-hybridized carbons (Fsp3) is 0.179. The first-order valence-electron chi connectivity index (χ1n) is 11.4. The Bertz CT molecular complexity index is 1650. The first kappa shape index (κ1) is 22.8. The first-order chi connectivity index (χ1) is 17.1. The van der Waals surface area contributed by atoms with Crippen molar-refractivity contribution in [2.75, 3.05) is 7.11 Å². The van der Waals surface area contributed by atoms with Crippen LogP contribution in [0.1, 0.15) is 30.5 Å². The second-order valence-electron chi connectivity index (χ2n) is 8.24. The molecule has 0 aliphatic carbocycles. The molecular formula is C28H25N3O3S. The summed E-state index contributed by atoms with van der Waals surface area (Å²) in [6.07, 6.45) is 6.36. The fourth-order valence-electron chi connectivity index (χ4n) is 4.64. The lowest BCUT2D eigenvalue weighted by molar-refractivity contribution is -0.136. The average Bonchev–Trinajstić information content (AvgIpc) is 3.40. The lowest BCUT2D eigenvalue weighted by Crippen LogP contribution is -2.40. The number of hydrogen-bond acceptors (Lipinski definition) is 5. The number of ether oxygens (including phenoxy) is 1. The second kappa shape index (κ2) is 9.35. The van der Waals surface area contributed by atoms with E-state index in [9.17, 15) is 9.59 Å². The molecule has 0 unspecified atom stereocenters. The van der Waals surface area contributed by atoms with E-state index in [4.69, 9.17) is 9.73 Å². The third-order valence-corrected chi connectivity index (χ3v) is 7.18. The van der Waals surface area contributed by atoms with E-state index in [1.807, 2.05) is 67.7 Å². The number of benzene rings is 2. The van der Waals surface area contributed by atoms with Gasteiger partial charge in [-0.1, -0.05) is 72.9 Å². The second-order valence-corrected chi connectivity index (χ2v) is 9.25. The van der Waals surface area contributed by atoms with Gasteiger partial charge in [0.15, 0.2) is 4.80 Å². The van der Waals surface area contributed by atoms with Crippen LogP contribution < -0.4 is 14.9 Å². The zero-order valence-corrected chi connectivity index (χ0v) is 20.4. The van der Waals surface area contributed by atoms with Crippen LogP contribution in [0.3, 0.4) is 0 Å². The summed E-state index contributed by atoms with van der Waals surface area (Å²) < 4.78 is 9.42. The number of rotatable bonds is 6. The van der Waals surface area contributed by atoms with Crippen molar-refractivity contribution in [2.45, 2.75) is 25.9 Å². The Morgan fingerprint density at radius 2 is 1.91 bits per heavy atom. The molecule has 2 aromatic carbocycles. The number of thiazole rings is 1. The summed E-state index contributed by atoms with van der Waals surface area (Å²) in [5.74, 6) is -0.471. The molecule has 5 rings (SSSR count). The molecule has 0 saturated heterocycles. The molecular weight excluding hydrogens is 458 g/mol. The molecule has 0 N–H and O–H groups in total. The maximum absolute atomic E-state index is 13.8. The monoisotopic (exact) mass is 483 g/mol. The van der Waals surface area contributed by atoms with Gasteiger partial charge in [0, 0.05) is 29.2 Å². The minimum Gasteiger partial charge on any atom is -0.466 e. The van der Waals surface area contributed by atoms with E-state index in [2.05, 4.69) is 23.3 Å². The summed E-state index contributed by atoms with van der Waals surface area (Å²) in [5, 5.41) is 1.06. The van der Waals surface area contributed by atoms with Gasteiger partial charge in [-0.25, -0.2) is 9.79 Å². The van der Waals surface area contributed by atoms with Crippen molar-refractivity contribution in [3.05, 3.63) is 116 Å². The maximum atomic E-state index is 13.8. The van der Waals surface area contributed by atoms with E-state index in [-0.39, 0.29) is 5.56 Å². The number of fused-ring (bicyclic) bond motifs is 2. The average molecular weight is 484 g/mol. The summed E-state index contributed by atoms with van der Waals surface area (Å²) >= 11 is 1.34. The number of esters is 1. The van der Waals surface area contributed by atoms with Gasteiger partial charge in [0.1, 0.15) is 0 Å². The molecule has 6 nitrogen and oxygen atoms in total. The van der Waals surface area contributed by atoms with Crippen molar-refractivity contribution in [2.24, 2.45) is 4.99 Å². The number of nitrogens with zero attached hydrogens (tertiary/aromatic N) is 3. The normalized spacial score (nSPS) is 15.7. The highest BCUT2D eigenvalue weighted by Crippen LogP contribution is 2.31. The molecule has 176 valence electrons. The molecule has 0 fully saturated rings. The Morgan fingerprint density at radius 1 is 1.17 bits per heavy atom. The molecule has 1 atom stereocenters. The zero-order chi connectivity index (χ0) is 24.5. The van der Waals surface area contributed by atoms with Gasteiger partial charge in [0.2, 0.25) is 0 Å². The van der Waals surface area contributed by atoms with Gasteiger partial charge in [0.05, 0.1) is 29.0 Å². The largest absolute Gasteiger partial charge is 0.466 e. The van der Waals surface area contributed by atoms with Crippen molar-refractivity contribution in [3.8, 4) is 0 Å². The molecule has 35 heavy (non-hydrogen) atoms. The van der Waals surface area contributed by atoms with Crippen LogP contribution in [0.4, 0.5) is 0 Å². The van der Waals surface area contributed by atoms with Crippen LogP contribution in [0.25, 0.3) is 17.0 Å². The third kappa shape index (κ3) is 3.88. The Kier molecular flexibility index (Phi) is 6.09. The van der Waals surface area contributed by atoms with Gasteiger partial charge in [-0.15, -0.1) is 6.58 Å². The number of hydrogen-bond donors (Lipinski definition) is 0. The van der Waals surface area contributed by atoms with Crippen molar-refractivity contribution < 1.29 is 9.53 Å². The molecule has 0 bridgehead atoms. The topological polar surface area (TPSA) is 65.6 Å². The van der Waals surface area contributed by atoms with Gasteiger partial charge < -0.3 is 9.30 Å². The minimum atomic E-state index is -0.598. The van der Waals surface area contributed by atoms with E-state index >= 15 is 0 Å². The Hall–Kier alpha value is -3.97. The van der Waals surface area contributed by atoms with E-state index in [0.717, 1.165) is 22.0 Å². The highest BCUT2D eigenvalue weighted by atomic mass is 32.1. The number of aromatic nitrogens is 2. The predicted octanol–water partition coefficient (Wildman–Crippen LogP) is 3.94. The molecule has 0 amide bonds. The molecule has 4 aromatic rings. The fourth-order valence-corrected chi connectivity index (χ4v) is 5.65. The summed E-state index contributed by atoms with van der Waals surface area (Å²) in [4.78, 5) is 32.0. The number of carbonyl (C=O) groups excluding carboxylic acids is 1. The van der Waals surface area contributed by atoms with Crippen LogP contribution in [0.5, 0.6) is 0 Å². The molecule has 7 heteroatoms. The lowest BCUT2D eigenvalue weighted by Gasteiger charge is -2.25. The summed E-state index contributed by atoms with van der Waals surface area (Å²) in [6.45, 7) is 6.48. The van der Waals surface area contributed by atoms with Crippen LogP contribution in [0, 0.1) is 0 Å². The summed E-state index contributed by atoms with van der Waals surface area (Å²) in [7, 11) is 1.36. The molecule has 2 aromatic heterocycles. The molecule has 0 saturated carbocycles. The van der Waals surface area contributed by atoms with Crippen LogP contribution in [0.15, 0.2) is 94.5 Å². The third-order valence-electron chi connectivity index (χ3n) is 6.20. The number of carbonyl (C=O) groups is 1. The van der Waals surface area contributed by atoms with Gasteiger partial charge in [0.25, 0.3) is 5.56 Å². The van der Waals surface area contributed by atoms with Gasteiger partial charge >= 0.3 is 5.97 Å². The van der Waals surface area contributed by atoms with Crippen molar-refractivity contribution >= 4 is 34.3 Å². The Morgan fingerprint density at radius 3 is 2.63 bits per heavy atom. The zero-order valence-electron chi connectivity index (χ0n) is 19.6. The lowest BCUT2D eigenvalue weighted by atomic mass is 9.95. The van der Waals surface area contributed by atoms with E-state index < -0.39 is 12.0 Å². The van der Waals surface area contributed by atoms with Crippen LogP contribution in [-0.4, -0.2) is 22.2 Å². The van der Waals surface area contributed by atoms with E-state index in [1.54, 1.807) is 4.57 Å². The van der Waals surface area contributed by atoms with Crippen molar-refractivity contribution in [1.29, 1.82) is 0 Å². The van der Waals surface area contributed by atoms with Gasteiger partial charge in [-0.3, -0.25) is 9.36 Å². The van der Waals surface area contributed by atoms with Crippen LogP contribution in [0.2, 0.25) is 0 Å². The van der Waals surface area contributed by atoms with Crippen molar-refractivity contribution in [1.82, 2.24) is 9.13 Å². The van der Waals surface area contributed by atoms with Gasteiger partial charge in [-0.2, -0.15) is 0 Å². The maximum Gasteiger partial charge on any atom is 0.338 e. The van der Waals surface area contributed by atoms with E-state index in [0.29, 0.717) is 33.6 Å². The summed E-state index contributed by atoms with van der Waals surface area (Å²) in [6, 6.07) is 17.1. The van der Waals surface area contributed by atoms with Crippen LogP contribution in [-0.2, 0) is 16.1 Å².